The minimum Gasteiger partial charge on any atom is -0.481 e. The lowest BCUT2D eigenvalue weighted by atomic mass is 10.4. The highest BCUT2D eigenvalue weighted by molar-refractivity contribution is 5.69. The van der Waals surface area contributed by atoms with E-state index in [0.29, 0.717) is 0 Å². The number of halogens is 6. The van der Waals surface area contributed by atoms with Gasteiger partial charge in [-0.3, -0.25) is 9.59 Å². The molecule has 0 radical (unpaired) electrons. The Balaban J connectivity index is 0. The normalized spacial score (nSPS) is 9.94. The summed E-state index contributed by atoms with van der Waals surface area (Å²) in [5, 5.41) is 7.73. The highest BCUT2D eigenvalue weighted by atomic mass is 19.4. The zero-order chi connectivity index (χ0) is 14.9. The van der Waals surface area contributed by atoms with Gasteiger partial charge in [0.2, 0.25) is 0 Å². The summed E-state index contributed by atoms with van der Waals surface area (Å²) in [5.41, 5.74) is 0. The lowest BCUT2D eigenvalue weighted by molar-refractivity contribution is -0.184. The van der Waals surface area contributed by atoms with Crippen molar-refractivity contribution in [1.82, 2.24) is 0 Å². The quantitative estimate of drug-likeness (QED) is 0.638. The third-order valence-corrected chi connectivity index (χ3v) is 0.951. The van der Waals surface area contributed by atoms with Crippen LogP contribution in [0.1, 0.15) is 13.3 Å². The van der Waals surface area contributed by atoms with Crippen LogP contribution in [0.5, 0.6) is 0 Å². The van der Waals surface area contributed by atoms with Crippen LogP contribution < -0.4 is 0 Å². The first kappa shape index (κ1) is 18.6. The fourth-order valence-corrected chi connectivity index (χ4v) is 0.383. The van der Waals surface area contributed by atoms with Gasteiger partial charge < -0.3 is 9.84 Å². The van der Waals surface area contributed by atoms with Crippen molar-refractivity contribution < 1.29 is 45.8 Å². The molecular weight excluding hydrogens is 274 g/mol. The van der Waals surface area contributed by atoms with Crippen LogP contribution in [-0.2, 0) is 14.3 Å². The maximum absolute atomic E-state index is 11.5. The molecule has 0 saturated heterocycles. The highest BCUT2D eigenvalue weighted by Crippen LogP contribution is 2.14. The van der Waals surface area contributed by atoms with Crippen LogP contribution in [0.4, 0.5) is 26.3 Å². The van der Waals surface area contributed by atoms with Gasteiger partial charge in [-0.25, -0.2) is 4.39 Å². The molecule has 0 atom stereocenters. The van der Waals surface area contributed by atoms with Gasteiger partial charge in [-0.1, -0.05) is 0 Å². The lowest BCUT2D eigenvalue weighted by Crippen LogP contribution is -2.18. The van der Waals surface area contributed by atoms with E-state index in [1.165, 1.54) is 0 Å². The second-order valence-electron chi connectivity index (χ2n) is 2.63. The fourth-order valence-electron chi connectivity index (χ4n) is 0.383. The standard InChI is InChI=1S/C4H5F3O2.C4H3F3O2/c1-3(8)9-2-4(5,6)7;5-2(4(6)7)1-3(8)9/h2H2,1H3;1H2,(H,8,9). The largest absolute Gasteiger partial charge is 0.481 e. The van der Waals surface area contributed by atoms with Crippen molar-refractivity contribution in [2.75, 3.05) is 6.61 Å². The van der Waals surface area contributed by atoms with E-state index in [9.17, 15) is 35.9 Å². The van der Waals surface area contributed by atoms with Crippen LogP contribution in [0, 0.1) is 0 Å². The van der Waals surface area contributed by atoms with Crippen LogP contribution in [-0.4, -0.2) is 29.8 Å². The van der Waals surface area contributed by atoms with Crippen LogP contribution in [0.2, 0.25) is 0 Å². The minimum absolute atomic E-state index is 0.922. The Labute approximate surface area is 96.8 Å². The number of ether oxygens (including phenoxy) is 1. The van der Waals surface area contributed by atoms with E-state index in [4.69, 9.17) is 5.11 Å². The molecular formula is C8H8F6O4. The Kier molecular flexibility index (Phi) is 8.65. The Bertz CT molecular complexity index is 318. The van der Waals surface area contributed by atoms with Gasteiger partial charge in [0.05, 0.1) is 0 Å². The summed E-state index contributed by atoms with van der Waals surface area (Å²) in [6.45, 7) is -0.575. The molecule has 0 aliphatic heterocycles. The fraction of sp³-hybridized carbons (Fsp3) is 0.500. The molecule has 0 aromatic rings. The molecule has 0 aromatic carbocycles. The Hall–Kier alpha value is -1.74. The van der Waals surface area contributed by atoms with Crippen molar-refractivity contribution in [3.05, 3.63) is 11.9 Å². The molecule has 18 heavy (non-hydrogen) atoms. The van der Waals surface area contributed by atoms with Crippen molar-refractivity contribution in [3.8, 4) is 0 Å². The first-order chi connectivity index (χ1) is 7.95. The Morgan fingerprint density at radius 3 is 1.72 bits per heavy atom. The van der Waals surface area contributed by atoms with Crippen LogP contribution in [0.15, 0.2) is 11.9 Å². The molecule has 0 aromatic heterocycles. The molecule has 0 amide bonds. The molecule has 10 heteroatoms. The average Bonchev–Trinajstić information content (AvgIpc) is 2.13. The summed E-state index contributed by atoms with van der Waals surface area (Å²) in [7, 11) is 0. The van der Waals surface area contributed by atoms with Crippen LogP contribution in [0.3, 0.4) is 0 Å². The molecule has 0 heterocycles. The summed E-state index contributed by atoms with van der Waals surface area (Å²) < 4.78 is 70.6. The van der Waals surface area contributed by atoms with E-state index in [1.807, 2.05) is 0 Å². The number of esters is 1. The Morgan fingerprint density at radius 1 is 1.17 bits per heavy atom. The van der Waals surface area contributed by atoms with Crippen molar-refractivity contribution in [1.29, 1.82) is 0 Å². The molecule has 0 aliphatic carbocycles. The number of hydrogen-bond acceptors (Lipinski definition) is 3. The topological polar surface area (TPSA) is 63.6 Å². The van der Waals surface area contributed by atoms with Crippen molar-refractivity contribution in [3.63, 3.8) is 0 Å². The smallest absolute Gasteiger partial charge is 0.422 e. The van der Waals surface area contributed by atoms with Gasteiger partial charge in [0.15, 0.2) is 12.4 Å². The molecule has 0 saturated carbocycles. The van der Waals surface area contributed by atoms with Crippen molar-refractivity contribution in [2.45, 2.75) is 19.5 Å². The first-order valence-corrected chi connectivity index (χ1v) is 4.07. The average molecular weight is 282 g/mol. The zero-order valence-corrected chi connectivity index (χ0v) is 8.85. The number of carbonyl (C=O) groups is 2. The number of carboxylic acid groups (broad SMARTS) is 1. The SMILES string of the molecule is CC(=O)OCC(F)(F)F.O=C(O)CC(F)=C(F)F. The van der Waals surface area contributed by atoms with Gasteiger partial charge in [0, 0.05) is 6.92 Å². The number of aliphatic carboxylic acids is 1. The number of carbonyl (C=O) groups excluding carboxylic acids is 1. The second-order valence-corrected chi connectivity index (χ2v) is 2.63. The van der Waals surface area contributed by atoms with E-state index in [1.54, 1.807) is 0 Å². The van der Waals surface area contributed by atoms with Gasteiger partial charge in [0.25, 0.3) is 0 Å². The van der Waals surface area contributed by atoms with Gasteiger partial charge in [0.1, 0.15) is 6.42 Å². The van der Waals surface area contributed by atoms with Gasteiger partial charge in [-0.15, -0.1) is 0 Å². The predicted octanol–water partition coefficient (Wildman–Crippen LogP) is 2.65. The molecule has 0 spiro atoms. The van der Waals surface area contributed by atoms with Crippen LogP contribution >= 0.6 is 0 Å². The zero-order valence-electron chi connectivity index (χ0n) is 8.85. The lowest BCUT2D eigenvalue weighted by Gasteiger charge is -2.04. The summed E-state index contributed by atoms with van der Waals surface area (Å²) >= 11 is 0. The number of hydrogen-bond donors (Lipinski definition) is 1. The van der Waals surface area contributed by atoms with E-state index in [-0.39, 0.29) is 0 Å². The number of carboxylic acids is 1. The second kappa shape index (κ2) is 8.37. The summed E-state index contributed by atoms with van der Waals surface area (Å²) in [6, 6.07) is 0. The molecule has 106 valence electrons. The summed E-state index contributed by atoms with van der Waals surface area (Å²) in [5.74, 6) is -4.42. The van der Waals surface area contributed by atoms with E-state index < -0.39 is 43.1 Å². The maximum Gasteiger partial charge on any atom is 0.422 e. The maximum atomic E-state index is 11.5. The van der Waals surface area contributed by atoms with Gasteiger partial charge in [-0.05, 0) is 0 Å². The molecule has 0 aliphatic rings. The summed E-state index contributed by atoms with van der Waals surface area (Å²) in [4.78, 5) is 19.3. The molecule has 0 fully saturated rings. The number of rotatable bonds is 3. The van der Waals surface area contributed by atoms with Crippen LogP contribution in [0.25, 0.3) is 0 Å². The molecule has 0 bridgehead atoms. The van der Waals surface area contributed by atoms with Crippen molar-refractivity contribution >= 4 is 11.9 Å². The third kappa shape index (κ3) is 16.7. The number of alkyl halides is 3. The monoisotopic (exact) mass is 282 g/mol. The molecule has 1 N–H and O–H groups in total. The minimum atomic E-state index is -4.41. The van der Waals surface area contributed by atoms with Gasteiger partial charge in [-0.2, -0.15) is 22.0 Å². The first-order valence-electron chi connectivity index (χ1n) is 4.07. The van der Waals surface area contributed by atoms with Crippen molar-refractivity contribution in [2.24, 2.45) is 0 Å². The molecule has 4 nitrogen and oxygen atoms in total. The van der Waals surface area contributed by atoms with E-state index in [0.717, 1.165) is 6.92 Å². The van der Waals surface area contributed by atoms with E-state index in [2.05, 4.69) is 4.74 Å². The summed E-state index contributed by atoms with van der Waals surface area (Å²) in [6.07, 6.45) is -8.23. The molecule has 0 unspecified atom stereocenters. The van der Waals surface area contributed by atoms with Gasteiger partial charge >= 0.3 is 24.2 Å². The third-order valence-electron chi connectivity index (χ3n) is 0.951. The molecule has 0 rings (SSSR count). The highest BCUT2D eigenvalue weighted by Gasteiger charge is 2.28. The van der Waals surface area contributed by atoms with E-state index >= 15 is 0 Å². The Morgan fingerprint density at radius 2 is 1.61 bits per heavy atom. The predicted molar refractivity (Wildman–Crippen MR) is 45.3 cm³/mol.